The summed E-state index contributed by atoms with van der Waals surface area (Å²) in [5.74, 6) is -1.09. The zero-order valence-electron chi connectivity index (χ0n) is 9.67. The van der Waals surface area contributed by atoms with Crippen LogP contribution < -0.4 is 0 Å². The van der Waals surface area contributed by atoms with Gasteiger partial charge in [0.15, 0.2) is 5.69 Å². The van der Waals surface area contributed by atoms with Crippen molar-refractivity contribution in [3.63, 3.8) is 0 Å². The second-order valence-electron chi connectivity index (χ2n) is 3.80. The van der Waals surface area contributed by atoms with E-state index in [1.807, 2.05) is 37.3 Å². The summed E-state index contributed by atoms with van der Waals surface area (Å²) in [4.78, 5) is 15.7. The summed E-state index contributed by atoms with van der Waals surface area (Å²) in [7, 11) is 0. The minimum atomic E-state index is -1.09. The zero-order valence-corrected chi connectivity index (χ0v) is 10.5. The lowest BCUT2D eigenvalue weighted by Gasteiger charge is -1.96. The van der Waals surface area contributed by atoms with Crippen LogP contribution in [0.1, 0.15) is 20.9 Å². The summed E-state index contributed by atoms with van der Waals surface area (Å²) in [6.45, 7) is 1.96. The lowest BCUT2D eigenvalue weighted by atomic mass is 10.1. The van der Waals surface area contributed by atoms with E-state index >= 15 is 0 Å². The van der Waals surface area contributed by atoms with Crippen LogP contribution in [0.3, 0.4) is 0 Å². The minimum absolute atomic E-state index is 0.0157. The first kappa shape index (κ1) is 12.3. The Labute approximate surface area is 108 Å². The van der Waals surface area contributed by atoms with Crippen molar-refractivity contribution >= 4 is 17.3 Å². The molecule has 0 atom stereocenters. The zero-order chi connectivity index (χ0) is 13.1. The molecule has 0 bridgehead atoms. The molecule has 18 heavy (non-hydrogen) atoms. The SMILES string of the molecule is Cc1cccc(-c2nc(C(=O)O)c(CC#N)s2)c1. The first-order chi connectivity index (χ1) is 8.61. The molecule has 0 amide bonds. The molecule has 0 unspecified atom stereocenters. The van der Waals surface area contributed by atoms with Gasteiger partial charge in [-0.2, -0.15) is 5.26 Å². The normalized spacial score (nSPS) is 10.0. The Morgan fingerprint density at radius 3 is 2.94 bits per heavy atom. The van der Waals surface area contributed by atoms with E-state index in [4.69, 9.17) is 10.4 Å². The van der Waals surface area contributed by atoms with Crippen LogP contribution in [0, 0.1) is 18.3 Å². The minimum Gasteiger partial charge on any atom is -0.476 e. The molecule has 0 aliphatic rings. The number of aryl methyl sites for hydroxylation is 1. The molecule has 0 radical (unpaired) electrons. The fourth-order valence-corrected chi connectivity index (χ4v) is 2.59. The molecular weight excluding hydrogens is 248 g/mol. The summed E-state index contributed by atoms with van der Waals surface area (Å²) in [5, 5.41) is 18.4. The molecule has 2 rings (SSSR count). The Hall–Kier alpha value is -2.19. The van der Waals surface area contributed by atoms with Crippen molar-refractivity contribution in [2.75, 3.05) is 0 Å². The Kier molecular flexibility index (Phi) is 3.40. The lowest BCUT2D eigenvalue weighted by molar-refractivity contribution is 0.0690. The van der Waals surface area contributed by atoms with E-state index in [0.29, 0.717) is 9.88 Å². The number of thiazole rings is 1. The van der Waals surface area contributed by atoms with Crippen LogP contribution >= 0.6 is 11.3 Å². The number of hydrogen-bond acceptors (Lipinski definition) is 4. The quantitative estimate of drug-likeness (QED) is 0.918. The second kappa shape index (κ2) is 4.98. The van der Waals surface area contributed by atoms with Gasteiger partial charge in [0.25, 0.3) is 0 Å². The van der Waals surface area contributed by atoms with Gasteiger partial charge >= 0.3 is 5.97 Å². The summed E-state index contributed by atoms with van der Waals surface area (Å²) in [5.41, 5.74) is 1.95. The Morgan fingerprint density at radius 2 is 2.33 bits per heavy atom. The van der Waals surface area contributed by atoms with Crippen LogP contribution in [-0.2, 0) is 6.42 Å². The van der Waals surface area contributed by atoms with Gasteiger partial charge in [0.1, 0.15) is 5.01 Å². The Morgan fingerprint density at radius 1 is 1.56 bits per heavy atom. The number of carbonyl (C=O) groups is 1. The number of benzene rings is 1. The van der Waals surface area contributed by atoms with Crippen molar-refractivity contribution in [2.24, 2.45) is 0 Å². The number of aromatic nitrogens is 1. The summed E-state index contributed by atoms with van der Waals surface area (Å²) in [6, 6.07) is 9.65. The molecule has 0 saturated carbocycles. The van der Waals surface area contributed by atoms with Gasteiger partial charge in [0.05, 0.1) is 17.4 Å². The predicted molar refractivity (Wildman–Crippen MR) is 68.6 cm³/mol. The number of aromatic carboxylic acids is 1. The van der Waals surface area contributed by atoms with Crippen LogP contribution in [0.4, 0.5) is 0 Å². The third-order valence-corrected chi connectivity index (χ3v) is 3.51. The average Bonchev–Trinajstić information content (AvgIpc) is 2.74. The maximum absolute atomic E-state index is 11.0. The van der Waals surface area contributed by atoms with Crippen LogP contribution in [0.15, 0.2) is 24.3 Å². The second-order valence-corrected chi connectivity index (χ2v) is 4.88. The first-order valence-electron chi connectivity index (χ1n) is 5.29. The van der Waals surface area contributed by atoms with Crippen LogP contribution in [-0.4, -0.2) is 16.1 Å². The molecule has 1 N–H and O–H groups in total. The van der Waals surface area contributed by atoms with Crippen molar-refractivity contribution < 1.29 is 9.90 Å². The number of carboxylic acids is 1. The molecule has 0 fully saturated rings. The van der Waals surface area contributed by atoms with Gasteiger partial charge in [0, 0.05) is 5.56 Å². The van der Waals surface area contributed by atoms with Gasteiger partial charge in [0.2, 0.25) is 0 Å². The van der Waals surface area contributed by atoms with E-state index in [9.17, 15) is 4.79 Å². The number of nitriles is 1. The van der Waals surface area contributed by atoms with Gasteiger partial charge in [-0.25, -0.2) is 9.78 Å². The molecule has 1 heterocycles. The summed E-state index contributed by atoms with van der Waals surface area (Å²) < 4.78 is 0. The van der Waals surface area contributed by atoms with Crippen LogP contribution in [0.25, 0.3) is 10.6 Å². The Bertz CT molecular complexity index is 641. The molecule has 90 valence electrons. The third-order valence-electron chi connectivity index (χ3n) is 2.40. The first-order valence-corrected chi connectivity index (χ1v) is 6.10. The van der Waals surface area contributed by atoms with E-state index in [1.54, 1.807) is 0 Å². The fourth-order valence-electron chi connectivity index (χ4n) is 1.61. The number of rotatable bonds is 3. The maximum atomic E-state index is 11.0. The molecule has 0 saturated heterocycles. The molecule has 2 aromatic rings. The van der Waals surface area contributed by atoms with Gasteiger partial charge < -0.3 is 5.11 Å². The van der Waals surface area contributed by atoms with Crippen molar-refractivity contribution in [3.8, 4) is 16.6 Å². The third kappa shape index (κ3) is 2.39. The fraction of sp³-hybridized carbons (Fsp3) is 0.154. The van der Waals surface area contributed by atoms with E-state index < -0.39 is 5.97 Å². The maximum Gasteiger partial charge on any atom is 0.355 e. The molecule has 1 aromatic heterocycles. The van der Waals surface area contributed by atoms with Crippen molar-refractivity contribution in [1.29, 1.82) is 5.26 Å². The molecule has 1 aromatic carbocycles. The molecule has 5 heteroatoms. The number of hydrogen-bond donors (Lipinski definition) is 1. The van der Waals surface area contributed by atoms with Gasteiger partial charge in [-0.1, -0.05) is 23.8 Å². The van der Waals surface area contributed by atoms with Crippen LogP contribution in [0.2, 0.25) is 0 Å². The predicted octanol–water partition coefficient (Wildman–Crippen LogP) is 2.88. The average molecular weight is 258 g/mol. The lowest BCUT2D eigenvalue weighted by Crippen LogP contribution is -2.00. The standard InChI is InChI=1S/C13H10N2O2S/c1-8-3-2-4-9(7-8)12-15-11(13(16)17)10(18-12)5-6-14/h2-4,7H,5H2,1H3,(H,16,17). The molecule has 4 nitrogen and oxygen atoms in total. The van der Waals surface area contributed by atoms with E-state index in [1.165, 1.54) is 11.3 Å². The molecular formula is C13H10N2O2S. The summed E-state index contributed by atoms with van der Waals surface area (Å²) in [6.07, 6.45) is 0.0745. The van der Waals surface area contributed by atoms with E-state index in [2.05, 4.69) is 4.98 Å². The van der Waals surface area contributed by atoms with Crippen LogP contribution in [0.5, 0.6) is 0 Å². The smallest absolute Gasteiger partial charge is 0.355 e. The van der Waals surface area contributed by atoms with E-state index in [-0.39, 0.29) is 12.1 Å². The van der Waals surface area contributed by atoms with Gasteiger partial charge in [-0.05, 0) is 13.0 Å². The highest BCUT2D eigenvalue weighted by Gasteiger charge is 2.17. The van der Waals surface area contributed by atoms with E-state index in [0.717, 1.165) is 11.1 Å². The summed E-state index contributed by atoms with van der Waals surface area (Å²) >= 11 is 1.26. The van der Waals surface area contributed by atoms with Gasteiger partial charge in [-0.3, -0.25) is 0 Å². The molecule has 0 aliphatic heterocycles. The molecule has 0 aliphatic carbocycles. The topological polar surface area (TPSA) is 74.0 Å². The number of carboxylic acid groups (broad SMARTS) is 1. The molecule has 0 spiro atoms. The Balaban J connectivity index is 2.50. The highest BCUT2D eigenvalue weighted by atomic mass is 32.1. The van der Waals surface area contributed by atoms with Gasteiger partial charge in [-0.15, -0.1) is 11.3 Å². The monoisotopic (exact) mass is 258 g/mol. The van der Waals surface area contributed by atoms with Crippen molar-refractivity contribution in [3.05, 3.63) is 40.4 Å². The van der Waals surface area contributed by atoms with Crippen molar-refractivity contribution in [2.45, 2.75) is 13.3 Å². The highest BCUT2D eigenvalue weighted by Crippen LogP contribution is 2.29. The largest absolute Gasteiger partial charge is 0.476 e. The highest BCUT2D eigenvalue weighted by molar-refractivity contribution is 7.15. The number of nitrogens with zero attached hydrogens (tertiary/aromatic N) is 2. The van der Waals surface area contributed by atoms with Crippen molar-refractivity contribution in [1.82, 2.24) is 4.98 Å².